The number of hydrogen-bond acceptors (Lipinski definition) is 4. The van der Waals surface area contributed by atoms with Gasteiger partial charge in [0, 0.05) is 22.8 Å². The molecule has 6 nitrogen and oxygen atoms in total. The Bertz CT molecular complexity index is 821. The van der Waals surface area contributed by atoms with Crippen LogP contribution in [0.15, 0.2) is 30.3 Å². The third kappa shape index (κ3) is 4.70. The second kappa shape index (κ2) is 7.98. The van der Waals surface area contributed by atoms with E-state index in [0.29, 0.717) is 34.0 Å². The topological polar surface area (TPSA) is 81.5 Å². The van der Waals surface area contributed by atoms with E-state index in [-0.39, 0.29) is 18.2 Å². The number of carbonyl (C=O) groups is 1. The van der Waals surface area contributed by atoms with Gasteiger partial charge in [-0.15, -0.1) is 0 Å². The standard InChI is InChI=1S/C18H19ClN2O4/c1-4-13-9-14(21(23)24)7-12(3)18(13)20-17(22)10-25-15-5-6-16(19)11(2)8-15/h5-9H,4,10H2,1-3H3,(H,20,22). The molecule has 0 fully saturated rings. The maximum absolute atomic E-state index is 12.2. The van der Waals surface area contributed by atoms with Crippen LogP contribution in [0.4, 0.5) is 11.4 Å². The fourth-order valence-corrected chi connectivity index (χ4v) is 2.55. The lowest BCUT2D eigenvalue weighted by Crippen LogP contribution is -2.21. The van der Waals surface area contributed by atoms with Crippen LogP contribution in [0.2, 0.25) is 5.02 Å². The van der Waals surface area contributed by atoms with Crippen LogP contribution < -0.4 is 10.1 Å². The zero-order valence-electron chi connectivity index (χ0n) is 14.3. The normalized spacial score (nSPS) is 10.4. The van der Waals surface area contributed by atoms with Crippen LogP contribution in [-0.4, -0.2) is 17.4 Å². The third-order valence-electron chi connectivity index (χ3n) is 3.76. The number of anilines is 1. The monoisotopic (exact) mass is 362 g/mol. The molecule has 2 aromatic rings. The highest BCUT2D eigenvalue weighted by atomic mass is 35.5. The number of nitrogens with zero attached hydrogens (tertiary/aromatic N) is 1. The van der Waals surface area contributed by atoms with Gasteiger partial charge >= 0.3 is 0 Å². The van der Waals surface area contributed by atoms with Crippen molar-refractivity contribution in [3.63, 3.8) is 0 Å². The van der Waals surface area contributed by atoms with E-state index >= 15 is 0 Å². The zero-order chi connectivity index (χ0) is 18.6. The van der Waals surface area contributed by atoms with Gasteiger partial charge in [0.2, 0.25) is 0 Å². The first-order valence-corrected chi connectivity index (χ1v) is 8.16. The van der Waals surface area contributed by atoms with Gasteiger partial charge in [-0.2, -0.15) is 0 Å². The molecule has 0 heterocycles. The average molecular weight is 363 g/mol. The molecule has 1 amide bonds. The predicted molar refractivity (Wildman–Crippen MR) is 97.5 cm³/mol. The van der Waals surface area contributed by atoms with E-state index in [9.17, 15) is 14.9 Å². The molecule has 0 unspecified atom stereocenters. The number of halogens is 1. The number of carbonyl (C=O) groups excluding carboxylic acids is 1. The Balaban J connectivity index is 2.09. The maximum Gasteiger partial charge on any atom is 0.270 e. The Morgan fingerprint density at radius 3 is 2.56 bits per heavy atom. The summed E-state index contributed by atoms with van der Waals surface area (Å²) in [5.74, 6) is 0.215. The van der Waals surface area contributed by atoms with Gasteiger partial charge in [-0.25, -0.2) is 0 Å². The highest BCUT2D eigenvalue weighted by molar-refractivity contribution is 6.31. The fourth-order valence-electron chi connectivity index (χ4n) is 2.43. The molecule has 0 aliphatic rings. The Morgan fingerprint density at radius 1 is 1.24 bits per heavy atom. The molecule has 0 bridgehead atoms. The van der Waals surface area contributed by atoms with Crippen molar-refractivity contribution in [2.45, 2.75) is 27.2 Å². The molecule has 132 valence electrons. The Labute approximate surface area is 150 Å². The highest BCUT2D eigenvalue weighted by Gasteiger charge is 2.15. The SMILES string of the molecule is CCc1cc([N+](=O)[O-])cc(C)c1NC(=O)COc1ccc(Cl)c(C)c1. The van der Waals surface area contributed by atoms with Crippen molar-refractivity contribution in [2.75, 3.05) is 11.9 Å². The molecule has 25 heavy (non-hydrogen) atoms. The first-order chi connectivity index (χ1) is 11.8. The molecule has 2 rings (SSSR count). The van der Waals surface area contributed by atoms with Crippen molar-refractivity contribution in [3.05, 3.63) is 62.2 Å². The third-order valence-corrected chi connectivity index (χ3v) is 4.18. The van der Waals surface area contributed by atoms with Crippen LogP contribution >= 0.6 is 11.6 Å². The summed E-state index contributed by atoms with van der Waals surface area (Å²) in [6.45, 7) is 5.29. The minimum atomic E-state index is -0.441. The summed E-state index contributed by atoms with van der Waals surface area (Å²) in [5, 5.41) is 14.4. The van der Waals surface area contributed by atoms with Crippen molar-refractivity contribution in [2.24, 2.45) is 0 Å². The average Bonchev–Trinajstić information content (AvgIpc) is 2.57. The van der Waals surface area contributed by atoms with Gasteiger partial charge in [-0.1, -0.05) is 18.5 Å². The number of amides is 1. The van der Waals surface area contributed by atoms with Gasteiger partial charge in [0.1, 0.15) is 5.75 Å². The largest absolute Gasteiger partial charge is 0.484 e. The minimum Gasteiger partial charge on any atom is -0.484 e. The first kappa shape index (κ1) is 18.7. The summed E-state index contributed by atoms with van der Waals surface area (Å²) in [6.07, 6.45) is 0.565. The predicted octanol–water partition coefficient (Wildman–Crippen LogP) is 4.44. The van der Waals surface area contributed by atoms with Crippen LogP contribution in [0, 0.1) is 24.0 Å². The molecule has 0 saturated heterocycles. The molecule has 0 atom stereocenters. The second-order valence-electron chi connectivity index (χ2n) is 5.66. The number of nitro groups is 1. The number of rotatable bonds is 6. The van der Waals surface area contributed by atoms with E-state index in [1.165, 1.54) is 12.1 Å². The first-order valence-electron chi connectivity index (χ1n) is 7.78. The lowest BCUT2D eigenvalue weighted by Gasteiger charge is -2.14. The molecule has 0 spiro atoms. The molecular formula is C18H19ClN2O4. The van der Waals surface area contributed by atoms with Crippen LogP contribution in [-0.2, 0) is 11.2 Å². The molecule has 7 heteroatoms. The van der Waals surface area contributed by atoms with Gasteiger partial charge in [0.25, 0.3) is 11.6 Å². The van der Waals surface area contributed by atoms with Crippen LogP contribution in [0.5, 0.6) is 5.75 Å². The molecule has 2 aromatic carbocycles. The molecule has 0 saturated carbocycles. The van der Waals surface area contributed by atoms with E-state index < -0.39 is 4.92 Å². The van der Waals surface area contributed by atoms with E-state index in [1.807, 2.05) is 13.8 Å². The number of nitrogens with one attached hydrogen (secondary N) is 1. The summed E-state index contributed by atoms with van der Waals surface area (Å²) in [6, 6.07) is 8.07. The van der Waals surface area contributed by atoms with Crippen LogP contribution in [0.3, 0.4) is 0 Å². The van der Waals surface area contributed by atoms with Gasteiger partial charge in [0.15, 0.2) is 6.61 Å². The number of aryl methyl sites for hydroxylation is 3. The van der Waals surface area contributed by atoms with Crippen molar-refractivity contribution < 1.29 is 14.5 Å². The smallest absolute Gasteiger partial charge is 0.270 e. The number of ether oxygens (including phenoxy) is 1. The summed E-state index contributed by atoms with van der Waals surface area (Å²) >= 11 is 5.95. The molecule has 0 aliphatic heterocycles. The summed E-state index contributed by atoms with van der Waals surface area (Å²) in [7, 11) is 0. The molecule has 0 aromatic heterocycles. The van der Waals surface area contributed by atoms with Gasteiger partial charge in [0.05, 0.1) is 4.92 Å². The van der Waals surface area contributed by atoms with E-state index in [1.54, 1.807) is 25.1 Å². The molecule has 1 N–H and O–H groups in total. The summed E-state index contributed by atoms with van der Waals surface area (Å²) in [4.78, 5) is 22.7. The van der Waals surface area contributed by atoms with Crippen molar-refractivity contribution in [1.29, 1.82) is 0 Å². The van der Waals surface area contributed by atoms with E-state index in [0.717, 1.165) is 5.56 Å². The second-order valence-corrected chi connectivity index (χ2v) is 6.06. The highest BCUT2D eigenvalue weighted by Crippen LogP contribution is 2.27. The van der Waals surface area contributed by atoms with Crippen molar-refractivity contribution in [3.8, 4) is 5.75 Å². The maximum atomic E-state index is 12.2. The molecule has 0 radical (unpaired) electrons. The minimum absolute atomic E-state index is 0.0141. The Kier molecular flexibility index (Phi) is 5.98. The lowest BCUT2D eigenvalue weighted by molar-refractivity contribution is -0.384. The van der Waals surface area contributed by atoms with Gasteiger partial charge in [-0.05, 0) is 55.2 Å². The van der Waals surface area contributed by atoms with Crippen LogP contribution in [0.25, 0.3) is 0 Å². The van der Waals surface area contributed by atoms with Gasteiger partial charge in [-0.3, -0.25) is 14.9 Å². The number of hydrogen-bond donors (Lipinski definition) is 1. The fraction of sp³-hybridized carbons (Fsp3) is 0.278. The Hall–Kier alpha value is -2.60. The summed E-state index contributed by atoms with van der Waals surface area (Å²) < 4.78 is 5.47. The quantitative estimate of drug-likeness (QED) is 0.608. The van der Waals surface area contributed by atoms with E-state index in [2.05, 4.69) is 5.32 Å². The van der Waals surface area contributed by atoms with Crippen LogP contribution in [0.1, 0.15) is 23.6 Å². The van der Waals surface area contributed by atoms with Gasteiger partial charge < -0.3 is 10.1 Å². The van der Waals surface area contributed by atoms with Crippen molar-refractivity contribution >= 4 is 28.9 Å². The Morgan fingerprint density at radius 2 is 1.96 bits per heavy atom. The summed E-state index contributed by atoms with van der Waals surface area (Å²) in [5.41, 5.74) is 2.82. The lowest BCUT2D eigenvalue weighted by atomic mass is 10.0. The number of nitro benzene ring substituents is 1. The zero-order valence-corrected chi connectivity index (χ0v) is 15.0. The molecular weight excluding hydrogens is 344 g/mol. The number of non-ortho nitro benzene ring substituents is 1. The number of benzene rings is 2. The molecule has 0 aliphatic carbocycles. The van der Waals surface area contributed by atoms with E-state index in [4.69, 9.17) is 16.3 Å². The van der Waals surface area contributed by atoms with Crippen molar-refractivity contribution in [1.82, 2.24) is 0 Å².